The first-order valence-electron chi connectivity index (χ1n) is 6.56. The molecule has 0 radical (unpaired) electrons. The molecule has 1 heterocycles. The average Bonchev–Trinajstić information content (AvgIpc) is 2.42. The highest BCUT2D eigenvalue weighted by atomic mass is 35.5. The Morgan fingerprint density at radius 3 is 2.85 bits per heavy atom. The van der Waals surface area contributed by atoms with Crippen LogP contribution >= 0.6 is 11.6 Å². The summed E-state index contributed by atoms with van der Waals surface area (Å²) in [5, 5.41) is 4.08. The van der Waals surface area contributed by atoms with Crippen molar-refractivity contribution in [2.75, 3.05) is 27.2 Å². The fourth-order valence-electron chi connectivity index (χ4n) is 2.02. The zero-order valence-electron chi connectivity index (χ0n) is 11.7. The number of nitrogens with zero attached hydrogens (tertiary/aromatic N) is 2. The molecule has 2 rings (SSSR count). The summed E-state index contributed by atoms with van der Waals surface area (Å²) in [5.74, 6) is -0.107. The molecule has 0 aliphatic rings. The highest BCUT2D eigenvalue weighted by molar-refractivity contribution is 6.30. The van der Waals surface area contributed by atoms with E-state index < -0.39 is 0 Å². The second-order valence-electron chi connectivity index (χ2n) is 4.92. The Bertz CT molecular complexity index is 613. The van der Waals surface area contributed by atoms with Gasteiger partial charge in [-0.15, -0.1) is 0 Å². The Kier molecular flexibility index (Phi) is 4.93. The summed E-state index contributed by atoms with van der Waals surface area (Å²) in [5.41, 5.74) is 1.31. The van der Waals surface area contributed by atoms with Crippen molar-refractivity contribution < 1.29 is 4.79 Å². The Morgan fingerprint density at radius 1 is 1.35 bits per heavy atom. The predicted octanol–water partition coefficient (Wildman–Crippen LogP) is 2.57. The quantitative estimate of drug-likeness (QED) is 0.680. The van der Waals surface area contributed by atoms with Crippen LogP contribution in [0.5, 0.6) is 0 Å². The lowest BCUT2D eigenvalue weighted by Gasteiger charge is -2.11. The number of amides is 1. The molecular weight excluding hydrogens is 274 g/mol. The third-order valence-corrected chi connectivity index (χ3v) is 3.19. The van der Waals surface area contributed by atoms with E-state index in [1.165, 1.54) is 0 Å². The van der Waals surface area contributed by atoms with Gasteiger partial charge >= 0.3 is 0 Å². The molecule has 0 unspecified atom stereocenters. The summed E-state index contributed by atoms with van der Waals surface area (Å²) in [6.45, 7) is 1.59. The van der Waals surface area contributed by atoms with Crippen molar-refractivity contribution in [3.05, 3.63) is 41.0 Å². The molecule has 0 saturated heterocycles. The van der Waals surface area contributed by atoms with Gasteiger partial charge in [-0.05, 0) is 39.2 Å². The van der Waals surface area contributed by atoms with Crippen LogP contribution in [-0.2, 0) is 0 Å². The molecule has 0 aliphatic heterocycles. The second kappa shape index (κ2) is 6.68. The van der Waals surface area contributed by atoms with Gasteiger partial charge in [-0.1, -0.05) is 29.8 Å². The van der Waals surface area contributed by atoms with Crippen molar-refractivity contribution in [1.82, 2.24) is 15.2 Å². The minimum atomic E-state index is -0.107. The number of halogens is 1. The van der Waals surface area contributed by atoms with Crippen LogP contribution in [-0.4, -0.2) is 43.0 Å². The maximum absolute atomic E-state index is 12.2. The standard InChI is InChI=1S/C15H18ClN3O/c1-19(2)9-5-8-17-15(20)12-10-14(16)18-13-7-4-3-6-11(12)13/h3-4,6-7,10H,5,8-9H2,1-2H3,(H,17,20). The molecule has 0 saturated carbocycles. The Labute approximate surface area is 123 Å². The fraction of sp³-hybridized carbons (Fsp3) is 0.333. The molecule has 0 spiro atoms. The molecule has 20 heavy (non-hydrogen) atoms. The lowest BCUT2D eigenvalue weighted by Crippen LogP contribution is -2.27. The van der Waals surface area contributed by atoms with Crippen LogP contribution in [0.1, 0.15) is 16.8 Å². The van der Waals surface area contributed by atoms with Gasteiger partial charge in [0.15, 0.2) is 0 Å². The minimum Gasteiger partial charge on any atom is -0.352 e. The molecule has 0 fully saturated rings. The zero-order valence-corrected chi connectivity index (χ0v) is 12.4. The van der Waals surface area contributed by atoms with Crippen LogP contribution in [0.2, 0.25) is 5.15 Å². The zero-order chi connectivity index (χ0) is 14.5. The van der Waals surface area contributed by atoms with Crippen molar-refractivity contribution in [3.63, 3.8) is 0 Å². The summed E-state index contributed by atoms with van der Waals surface area (Å²) in [6.07, 6.45) is 0.912. The van der Waals surface area contributed by atoms with Gasteiger partial charge in [0, 0.05) is 11.9 Å². The summed E-state index contributed by atoms with van der Waals surface area (Å²) < 4.78 is 0. The molecule has 1 aromatic carbocycles. The lowest BCUT2D eigenvalue weighted by atomic mass is 10.1. The maximum Gasteiger partial charge on any atom is 0.252 e. The summed E-state index contributed by atoms with van der Waals surface area (Å²) in [4.78, 5) is 18.5. The number of fused-ring (bicyclic) bond motifs is 1. The van der Waals surface area contributed by atoms with E-state index in [0.29, 0.717) is 17.3 Å². The first kappa shape index (κ1) is 14.8. The van der Waals surface area contributed by atoms with E-state index in [2.05, 4.69) is 15.2 Å². The van der Waals surface area contributed by atoms with Crippen molar-refractivity contribution >= 4 is 28.4 Å². The first-order valence-corrected chi connectivity index (χ1v) is 6.94. The molecular formula is C15H18ClN3O. The molecule has 5 heteroatoms. The molecule has 1 aromatic heterocycles. The summed E-state index contributed by atoms with van der Waals surface area (Å²) >= 11 is 5.97. The number of benzene rings is 1. The maximum atomic E-state index is 12.2. The number of hydrogen-bond donors (Lipinski definition) is 1. The molecule has 106 valence electrons. The average molecular weight is 292 g/mol. The molecule has 0 aliphatic carbocycles. The van der Waals surface area contributed by atoms with Crippen LogP contribution < -0.4 is 5.32 Å². The summed E-state index contributed by atoms with van der Waals surface area (Å²) in [7, 11) is 4.02. The van der Waals surface area contributed by atoms with Crippen LogP contribution in [0.4, 0.5) is 0 Å². The fourth-order valence-corrected chi connectivity index (χ4v) is 2.22. The third-order valence-electron chi connectivity index (χ3n) is 3.00. The Hall–Kier alpha value is -1.65. The number of aromatic nitrogens is 1. The molecule has 4 nitrogen and oxygen atoms in total. The predicted molar refractivity (Wildman–Crippen MR) is 82.3 cm³/mol. The second-order valence-corrected chi connectivity index (χ2v) is 5.31. The number of nitrogens with one attached hydrogen (secondary N) is 1. The van der Waals surface area contributed by atoms with Gasteiger partial charge in [0.1, 0.15) is 5.15 Å². The lowest BCUT2D eigenvalue weighted by molar-refractivity contribution is 0.0954. The van der Waals surface area contributed by atoms with Crippen LogP contribution in [0.25, 0.3) is 10.9 Å². The van der Waals surface area contributed by atoms with Crippen molar-refractivity contribution in [2.24, 2.45) is 0 Å². The van der Waals surface area contributed by atoms with E-state index in [4.69, 9.17) is 11.6 Å². The van der Waals surface area contributed by atoms with Crippen LogP contribution in [0.3, 0.4) is 0 Å². The number of para-hydroxylation sites is 1. The van der Waals surface area contributed by atoms with Gasteiger partial charge < -0.3 is 10.2 Å². The van der Waals surface area contributed by atoms with Gasteiger partial charge in [-0.25, -0.2) is 4.98 Å². The third kappa shape index (κ3) is 3.68. The van der Waals surface area contributed by atoms with Crippen molar-refractivity contribution in [1.29, 1.82) is 0 Å². The molecule has 1 amide bonds. The van der Waals surface area contributed by atoms with Crippen molar-refractivity contribution in [3.8, 4) is 0 Å². The highest BCUT2D eigenvalue weighted by Crippen LogP contribution is 2.20. The van der Waals surface area contributed by atoms with Gasteiger partial charge in [-0.3, -0.25) is 4.79 Å². The van der Waals surface area contributed by atoms with E-state index >= 15 is 0 Å². The minimum absolute atomic E-state index is 0.107. The number of hydrogen-bond acceptors (Lipinski definition) is 3. The normalized spacial score (nSPS) is 11.0. The monoisotopic (exact) mass is 291 g/mol. The Balaban J connectivity index is 2.13. The van der Waals surface area contributed by atoms with Gasteiger partial charge in [0.2, 0.25) is 0 Å². The SMILES string of the molecule is CN(C)CCCNC(=O)c1cc(Cl)nc2ccccc12. The van der Waals surface area contributed by atoms with Crippen LogP contribution in [0.15, 0.2) is 30.3 Å². The number of carbonyl (C=O) groups is 1. The van der Waals surface area contributed by atoms with E-state index in [-0.39, 0.29) is 5.91 Å². The van der Waals surface area contributed by atoms with E-state index in [1.54, 1.807) is 6.07 Å². The largest absolute Gasteiger partial charge is 0.352 e. The Morgan fingerprint density at radius 2 is 2.10 bits per heavy atom. The molecule has 0 atom stereocenters. The molecule has 1 N–H and O–H groups in total. The van der Waals surface area contributed by atoms with Crippen LogP contribution in [0, 0.1) is 0 Å². The topological polar surface area (TPSA) is 45.2 Å². The molecule has 0 bridgehead atoms. The number of pyridine rings is 1. The summed E-state index contributed by atoms with van der Waals surface area (Å²) in [6, 6.07) is 9.12. The number of carbonyl (C=O) groups excluding carboxylic acids is 1. The smallest absolute Gasteiger partial charge is 0.252 e. The van der Waals surface area contributed by atoms with Gasteiger partial charge in [-0.2, -0.15) is 0 Å². The van der Waals surface area contributed by atoms with Gasteiger partial charge in [0.25, 0.3) is 5.91 Å². The van der Waals surface area contributed by atoms with Crippen molar-refractivity contribution in [2.45, 2.75) is 6.42 Å². The van der Waals surface area contributed by atoms with Gasteiger partial charge in [0.05, 0.1) is 11.1 Å². The number of rotatable bonds is 5. The van der Waals surface area contributed by atoms with E-state index in [1.807, 2.05) is 38.4 Å². The van der Waals surface area contributed by atoms with E-state index in [0.717, 1.165) is 23.9 Å². The highest BCUT2D eigenvalue weighted by Gasteiger charge is 2.11. The molecule has 2 aromatic rings. The van der Waals surface area contributed by atoms with E-state index in [9.17, 15) is 4.79 Å². The first-order chi connectivity index (χ1) is 9.58.